The summed E-state index contributed by atoms with van der Waals surface area (Å²) < 4.78 is 77.2. The van der Waals surface area contributed by atoms with Crippen molar-refractivity contribution >= 4 is 42.1 Å². The largest absolute Gasteiger partial charge is 0.493 e. The van der Waals surface area contributed by atoms with Crippen LogP contribution in [0.15, 0.2) is 67.5 Å². The molecule has 16 heteroatoms. The summed E-state index contributed by atoms with van der Waals surface area (Å²) in [6, 6.07) is 9.18. The van der Waals surface area contributed by atoms with Gasteiger partial charge in [-0.05, 0) is 18.6 Å². The third kappa shape index (κ3) is 4.20. The molecule has 4 rings (SSSR count). The quantitative estimate of drug-likeness (QED) is 0.403. The smallest absolute Gasteiger partial charge is 0.313 e. The van der Waals surface area contributed by atoms with Gasteiger partial charge in [-0.15, -0.1) is 5.46 Å². The second-order valence-corrected chi connectivity index (χ2v) is 14.3. The second kappa shape index (κ2) is 8.13. The Labute approximate surface area is 200 Å². The van der Waals surface area contributed by atoms with E-state index < -0.39 is 36.6 Å². The molecule has 3 aliphatic rings. The molecule has 1 aromatic carbocycles. The van der Waals surface area contributed by atoms with E-state index in [1.807, 2.05) is 30.3 Å². The summed E-state index contributed by atoms with van der Waals surface area (Å²) in [5.41, 5.74) is 0.738. The maximum Gasteiger partial charge on any atom is 0.313 e. The monoisotopic (exact) mass is 529 g/mol. The highest BCUT2D eigenvalue weighted by atomic mass is 32.2. The van der Waals surface area contributed by atoms with E-state index in [9.17, 15) is 25.3 Å². The van der Waals surface area contributed by atoms with E-state index in [1.165, 1.54) is 31.5 Å². The van der Waals surface area contributed by atoms with Crippen molar-refractivity contribution in [2.75, 3.05) is 38.8 Å². The van der Waals surface area contributed by atoms with Crippen molar-refractivity contribution in [1.82, 2.24) is 27.3 Å². The number of benzene rings is 1. The van der Waals surface area contributed by atoms with Gasteiger partial charge in [-0.2, -0.15) is 0 Å². The van der Waals surface area contributed by atoms with Crippen LogP contribution < -0.4 is 5.46 Å². The van der Waals surface area contributed by atoms with E-state index in [1.54, 1.807) is 33.0 Å². The zero-order valence-electron chi connectivity index (χ0n) is 18.9. The highest BCUT2D eigenvalue weighted by Crippen LogP contribution is 2.31. The van der Waals surface area contributed by atoms with Gasteiger partial charge >= 0.3 is 6.55 Å². The van der Waals surface area contributed by atoms with Gasteiger partial charge in [-0.25, -0.2) is 25.3 Å². The Morgan fingerprint density at radius 3 is 1.15 bits per heavy atom. The van der Waals surface area contributed by atoms with Crippen LogP contribution in [-0.2, 0) is 30.1 Å². The van der Waals surface area contributed by atoms with E-state index >= 15 is 0 Å². The predicted octanol–water partition coefficient (Wildman–Crippen LogP) is -1.15. The molecule has 12 nitrogen and oxygen atoms in total. The lowest BCUT2D eigenvalue weighted by molar-refractivity contribution is 0.316. The van der Waals surface area contributed by atoms with Gasteiger partial charge in [-0.1, -0.05) is 30.3 Å². The van der Waals surface area contributed by atoms with Crippen LogP contribution in [0.5, 0.6) is 0 Å². The average Bonchev–Trinajstić information content (AvgIpc) is 3.49. The standard InChI is InChI=1S/C18H26BN6O6S3/c1-32(26,27)23-12-9-20(15-23)19(18-7-5-4-6-8-18,21-10-13-24(16-21)33(2,28)29)22-11-14-25(17-22)34(3,30)31/h4-14H,15-17H2,1-3H3/q-1. The van der Waals surface area contributed by atoms with Crippen LogP contribution in [0.1, 0.15) is 0 Å². The van der Waals surface area contributed by atoms with Crippen LogP contribution in [0.4, 0.5) is 0 Å². The molecule has 0 aliphatic carbocycles. The Kier molecular flexibility index (Phi) is 5.81. The van der Waals surface area contributed by atoms with E-state index in [0.717, 1.165) is 24.2 Å². The molecule has 0 N–H and O–H groups in total. The van der Waals surface area contributed by atoms with E-state index in [2.05, 4.69) is 0 Å². The number of rotatable bonds is 7. The van der Waals surface area contributed by atoms with Crippen molar-refractivity contribution in [3.63, 3.8) is 0 Å². The van der Waals surface area contributed by atoms with Gasteiger partial charge in [0.15, 0.2) is 0 Å². The fourth-order valence-electron chi connectivity index (χ4n) is 4.45. The number of nitrogens with zero attached hydrogens (tertiary/aromatic N) is 6. The molecule has 34 heavy (non-hydrogen) atoms. The fourth-order valence-corrected chi connectivity index (χ4v) is 6.31. The molecule has 186 valence electrons. The van der Waals surface area contributed by atoms with Crippen molar-refractivity contribution in [2.45, 2.75) is 0 Å². The van der Waals surface area contributed by atoms with Crippen LogP contribution >= 0.6 is 0 Å². The summed E-state index contributed by atoms with van der Waals surface area (Å²) in [4.78, 5) is 5.38. The molecule has 0 saturated heterocycles. The minimum atomic E-state index is -3.56. The van der Waals surface area contributed by atoms with Crippen molar-refractivity contribution in [3.8, 4) is 0 Å². The van der Waals surface area contributed by atoms with Crippen molar-refractivity contribution < 1.29 is 25.3 Å². The van der Waals surface area contributed by atoms with E-state index in [4.69, 9.17) is 0 Å². The van der Waals surface area contributed by atoms with Crippen LogP contribution in [0.2, 0.25) is 0 Å². The van der Waals surface area contributed by atoms with Crippen LogP contribution in [0, 0.1) is 0 Å². The lowest BCUT2D eigenvalue weighted by Crippen LogP contribution is -2.78. The molecule has 3 aliphatic heterocycles. The van der Waals surface area contributed by atoms with E-state index in [0.29, 0.717) is 0 Å². The van der Waals surface area contributed by atoms with Gasteiger partial charge in [0.2, 0.25) is 30.1 Å². The Bertz CT molecular complexity index is 1230. The molecular weight excluding hydrogens is 503 g/mol. The van der Waals surface area contributed by atoms with Crippen molar-refractivity contribution in [2.24, 2.45) is 0 Å². The Morgan fingerprint density at radius 2 is 0.882 bits per heavy atom. The summed E-state index contributed by atoms with van der Waals surface area (Å²) in [7, 11) is -10.7. The minimum Gasteiger partial charge on any atom is -0.493 e. The first-order valence-corrected chi connectivity index (χ1v) is 15.7. The fraction of sp³-hybridized carbons (Fsp3) is 0.333. The molecule has 1 aromatic rings. The molecular formula is C18H26BN6O6S3-. The lowest BCUT2D eigenvalue weighted by atomic mass is 9.48. The van der Waals surface area contributed by atoms with Crippen LogP contribution in [-0.4, -0.2) is 97.9 Å². The van der Waals surface area contributed by atoms with Crippen LogP contribution in [0.25, 0.3) is 0 Å². The van der Waals surface area contributed by atoms with Crippen molar-refractivity contribution in [3.05, 3.63) is 67.5 Å². The molecule has 0 amide bonds. The molecule has 0 bridgehead atoms. The maximum atomic E-state index is 12.3. The van der Waals surface area contributed by atoms with Gasteiger partial charge < -0.3 is 14.4 Å². The number of hydrogen-bond acceptors (Lipinski definition) is 9. The van der Waals surface area contributed by atoms with Gasteiger partial charge in [0.1, 0.15) is 0 Å². The minimum absolute atomic E-state index is 0.0415. The van der Waals surface area contributed by atoms with Gasteiger partial charge in [0.25, 0.3) is 0 Å². The molecule has 0 saturated carbocycles. The summed E-state index contributed by atoms with van der Waals surface area (Å²) in [6.07, 6.45) is 12.5. The summed E-state index contributed by atoms with van der Waals surface area (Å²) in [5, 5.41) is 0. The third-order valence-corrected chi connectivity index (χ3v) is 9.36. The molecule has 0 unspecified atom stereocenters. The SMILES string of the molecule is CS(=O)(=O)N1C=CN([B-](c2ccccc2)(N2C=CN(S(C)(=O)=O)C2)N2C=CN(S(C)(=O)=O)C2)C1. The first-order chi connectivity index (χ1) is 15.7. The Balaban J connectivity index is 1.88. The molecule has 0 fully saturated rings. The molecule has 0 aromatic heterocycles. The molecule has 0 radical (unpaired) electrons. The first-order valence-electron chi connectivity index (χ1n) is 10.2. The highest BCUT2D eigenvalue weighted by molar-refractivity contribution is 7.89. The first kappa shape index (κ1) is 24.3. The zero-order chi connectivity index (χ0) is 24.9. The van der Waals surface area contributed by atoms with Gasteiger partial charge in [-0.3, -0.25) is 12.9 Å². The predicted molar refractivity (Wildman–Crippen MR) is 129 cm³/mol. The second-order valence-electron chi connectivity index (χ2n) is 8.46. The summed E-state index contributed by atoms with van der Waals surface area (Å²) in [6.45, 7) is -2.38. The van der Waals surface area contributed by atoms with Crippen molar-refractivity contribution in [1.29, 1.82) is 0 Å². The zero-order valence-corrected chi connectivity index (χ0v) is 21.4. The molecule has 0 spiro atoms. The average molecular weight is 529 g/mol. The number of sulfonamides is 3. The summed E-state index contributed by atoms with van der Waals surface area (Å²) in [5.74, 6) is 0. The topological polar surface area (TPSA) is 122 Å². The van der Waals surface area contributed by atoms with Crippen LogP contribution in [0.3, 0.4) is 0 Å². The Morgan fingerprint density at radius 1 is 0.559 bits per heavy atom. The van der Waals surface area contributed by atoms with E-state index in [-0.39, 0.29) is 20.0 Å². The maximum absolute atomic E-state index is 12.3. The third-order valence-electron chi connectivity index (χ3n) is 6.09. The highest BCUT2D eigenvalue weighted by Gasteiger charge is 2.47. The van der Waals surface area contributed by atoms with Gasteiger partial charge in [0, 0.05) is 18.6 Å². The summed E-state index contributed by atoms with van der Waals surface area (Å²) >= 11 is 0. The van der Waals surface area contributed by atoms with Gasteiger partial charge in [0.05, 0.1) is 38.8 Å². The molecule has 0 atom stereocenters. The Hall–Kier alpha value is -2.85. The molecule has 3 heterocycles. The number of hydrogen-bond donors (Lipinski definition) is 0. The normalized spacial score (nSPS) is 19.3. The lowest BCUT2D eigenvalue weighted by Gasteiger charge is -2.61.